The van der Waals surface area contributed by atoms with Gasteiger partial charge >= 0.3 is 0 Å². The fourth-order valence-corrected chi connectivity index (χ4v) is 1.24. The van der Waals surface area contributed by atoms with E-state index < -0.39 is 11.9 Å². The molecule has 0 spiro atoms. The zero-order chi connectivity index (χ0) is 11.4. The Labute approximate surface area is 88.3 Å². The van der Waals surface area contributed by atoms with Crippen LogP contribution in [0.2, 0.25) is 0 Å². The first-order chi connectivity index (χ1) is 7.11. The highest BCUT2D eigenvalue weighted by molar-refractivity contribution is 6.01. The van der Waals surface area contributed by atoms with E-state index in [1.165, 1.54) is 6.92 Å². The van der Waals surface area contributed by atoms with Gasteiger partial charge in [0.25, 0.3) is 0 Å². The summed E-state index contributed by atoms with van der Waals surface area (Å²) in [6.07, 6.45) is 4.10. The van der Waals surface area contributed by atoms with E-state index in [1.807, 2.05) is 6.92 Å². The molecular weight excluding hydrogens is 192 g/mol. The molecule has 2 N–H and O–H groups in total. The maximum atomic E-state index is 11.6. The largest absolute Gasteiger partial charge is 0.385 e. The van der Waals surface area contributed by atoms with Gasteiger partial charge in [0.1, 0.15) is 11.8 Å². The molecule has 0 saturated carbocycles. The average molecular weight is 206 g/mol. The number of aliphatic hydroxyl groups excluding tert-OH is 1. The molecule has 0 aliphatic carbocycles. The van der Waals surface area contributed by atoms with Crippen molar-refractivity contribution >= 4 is 17.9 Å². The van der Waals surface area contributed by atoms with Crippen molar-refractivity contribution in [1.29, 1.82) is 0 Å². The van der Waals surface area contributed by atoms with Crippen molar-refractivity contribution in [2.45, 2.75) is 20.0 Å². The first-order valence-corrected chi connectivity index (χ1v) is 4.67. The highest BCUT2D eigenvalue weighted by atomic mass is 16.3. The van der Waals surface area contributed by atoms with E-state index >= 15 is 0 Å². The Morgan fingerprint density at radius 3 is 2.80 bits per heavy atom. The van der Waals surface area contributed by atoms with Gasteiger partial charge in [0.15, 0.2) is 0 Å². The normalized spacial score (nSPS) is 13.0. The van der Waals surface area contributed by atoms with E-state index in [0.717, 1.165) is 0 Å². The second kappa shape index (κ2) is 4.70. The lowest BCUT2D eigenvalue weighted by Crippen LogP contribution is -2.17. The average Bonchev–Trinajstić information content (AvgIpc) is 2.60. The van der Waals surface area contributed by atoms with Crippen LogP contribution in [0.5, 0.6) is 0 Å². The highest BCUT2D eigenvalue weighted by Crippen LogP contribution is 2.16. The molecule has 15 heavy (non-hydrogen) atoms. The molecule has 1 heterocycles. The molecule has 0 fully saturated rings. The van der Waals surface area contributed by atoms with E-state index in [2.05, 4.69) is 16.8 Å². The number of allylic oxidation sites excluding steroid dienone is 1. The molecule has 0 amide bonds. The Morgan fingerprint density at radius 1 is 1.67 bits per heavy atom. The van der Waals surface area contributed by atoms with Gasteiger partial charge in [-0.1, -0.05) is 18.7 Å². The number of carbonyl (C=O) groups excluding carboxylic acids is 1. The van der Waals surface area contributed by atoms with E-state index in [1.54, 1.807) is 18.2 Å². The van der Waals surface area contributed by atoms with Gasteiger partial charge in [0.05, 0.1) is 5.69 Å². The summed E-state index contributed by atoms with van der Waals surface area (Å²) < 4.78 is 0. The van der Waals surface area contributed by atoms with Crippen LogP contribution in [-0.4, -0.2) is 27.2 Å². The molecule has 1 unspecified atom stereocenters. The van der Waals surface area contributed by atoms with E-state index in [4.69, 9.17) is 0 Å². The Morgan fingerprint density at radius 2 is 2.33 bits per heavy atom. The minimum absolute atomic E-state index is 0.248. The number of nitrogens with zero attached hydrogens (tertiary/aromatic N) is 1. The summed E-state index contributed by atoms with van der Waals surface area (Å²) in [4.78, 5) is 11.6. The topological polar surface area (TPSA) is 66.0 Å². The predicted molar refractivity (Wildman–Crippen MR) is 59.4 cm³/mol. The third-order valence-electron chi connectivity index (χ3n) is 1.98. The van der Waals surface area contributed by atoms with Gasteiger partial charge < -0.3 is 5.11 Å². The standard InChI is InChI=1S/C11H14N2O2/c1-4-6-8-9(5-2)12-13-10(8)11(15)7(3)14/h4-7,14H,2H2,1,3H3,(H,12,13)/b6-4-. The van der Waals surface area contributed by atoms with Gasteiger partial charge in [0, 0.05) is 5.56 Å². The van der Waals surface area contributed by atoms with E-state index in [0.29, 0.717) is 11.3 Å². The van der Waals surface area contributed by atoms with Crippen molar-refractivity contribution in [2.24, 2.45) is 0 Å². The molecule has 80 valence electrons. The van der Waals surface area contributed by atoms with Crippen LogP contribution >= 0.6 is 0 Å². The number of Topliss-reactive ketones (excluding diaryl/α,β-unsaturated/α-hetero) is 1. The van der Waals surface area contributed by atoms with E-state index in [-0.39, 0.29) is 5.69 Å². The van der Waals surface area contributed by atoms with Crippen LogP contribution < -0.4 is 0 Å². The number of carbonyl (C=O) groups is 1. The minimum Gasteiger partial charge on any atom is -0.385 e. The summed E-state index contributed by atoms with van der Waals surface area (Å²) in [5.74, 6) is -0.396. The number of H-pyrrole nitrogens is 1. The SMILES string of the molecule is C=Cc1[nH]nc(C(=O)C(C)O)c1/C=C\C. The number of nitrogens with one attached hydrogen (secondary N) is 1. The number of ketones is 1. The van der Waals surface area contributed by atoms with Gasteiger partial charge in [-0.3, -0.25) is 9.89 Å². The second-order valence-corrected chi connectivity index (χ2v) is 3.14. The third-order valence-corrected chi connectivity index (χ3v) is 1.98. The van der Waals surface area contributed by atoms with Crippen molar-refractivity contribution in [3.63, 3.8) is 0 Å². The Balaban J connectivity index is 3.24. The third kappa shape index (κ3) is 2.22. The Bertz CT molecular complexity index is 403. The molecule has 1 aromatic rings. The molecule has 0 saturated heterocycles. The zero-order valence-corrected chi connectivity index (χ0v) is 8.82. The molecule has 4 heteroatoms. The minimum atomic E-state index is -1.05. The molecule has 0 bridgehead atoms. The number of hydrogen-bond acceptors (Lipinski definition) is 3. The number of aromatic amines is 1. The Kier molecular flexibility index (Phi) is 3.57. The van der Waals surface area contributed by atoms with Crippen LogP contribution in [0.3, 0.4) is 0 Å². The lowest BCUT2D eigenvalue weighted by atomic mass is 10.1. The lowest BCUT2D eigenvalue weighted by Gasteiger charge is -2.00. The molecule has 1 rings (SSSR count). The van der Waals surface area contributed by atoms with Crippen molar-refractivity contribution in [1.82, 2.24) is 10.2 Å². The van der Waals surface area contributed by atoms with Crippen LogP contribution in [-0.2, 0) is 0 Å². The van der Waals surface area contributed by atoms with Crippen molar-refractivity contribution in [3.8, 4) is 0 Å². The maximum Gasteiger partial charge on any atom is 0.211 e. The summed E-state index contributed by atoms with van der Waals surface area (Å²) >= 11 is 0. The molecule has 1 atom stereocenters. The number of hydrogen-bond donors (Lipinski definition) is 2. The van der Waals surface area contributed by atoms with Crippen molar-refractivity contribution in [3.05, 3.63) is 29.6 Å². The first-order valence-electron chi connectivity index (χ1n) is 4.67. The highest BCUT2D eigenvalue weighted by Gasteiger charge is 2.19. The lowest BCUT2D eigenvalue weighted by molar-refractivity contribution is 0.0774. The molecule has 0 aromatic carbocycles. The quantitative estimate of drug-likeness (QED) is 0.736. The molecular formula is C11H14N2O2. The van der Waals surface area contributed by atoms with Crippen LogP contribution in [0.1, 0.15) is 35.6 Å². The van der Waals surface area contributed by atoms with Gasteiger partial charge in [-0.15, -0.1) is 0 Å². The van der Waals surface area contributed by atoms with Gasteiger partial charge in [-0.25, -0.2) is 0 Å². The summed E-state index contributed by atoms with van der Waals surface area (Å²) in [7, 11) is 0. The monoisotopic (exact) mass is 206 g/mol. The van der Waals surface area contributed by atoms with E-state index in [9.17, 15) is 9.90 Å². The Hall–Kier alpha value is -1.68. The van der Waals surface area contributed by atoms with Crippen LogP contribution in [0.15, 0.2) is 12.7 Å². The fourth-order valence-electron chi connectivity index (χ4n) is 1.24. The summed E-state index contributed by atoms with van der Waals surface area (Å²) in [6.45, 7) is 6.88. The van der Waals surface area contributed by atoms with Crippen LogP contribution in [0.25, 0.3) is 12.2 Å². The zero-order valence-electron chi connectivity index (χ0n) is 8.82. The second-order valence-electron chi connectivity index (χ2n) is 3.14. The molecule has 4 nitrogen and oxygen atoms in total. The predicted octanol–water partition coefficient (Wildman–Crippen LogP) is 1.65. The molecule has 0 aliphatic heterocycles. The summed E-state index contributed by atoms with van der Waals surface area (Å²) in [5.41, 5.74) is 1.59. The van der Waals surface area contributed by atoms with Gasteiger partial charge in [-0.2, -0.15) is 5.10 Å². The number of rotatable bonds is 4. The number of aliphatic hydroxyl groups is 1. The maximum absolute atomic E-state index is 11.6. The molecule has 0 aliphatic rings. The fraction of sp³-hybridized carbons (Fsp3) is 0.273. The smallest absolute Gasteiger partial charge is 0.211 e. The van der Waals surface area contributed by atoms with Crippen molar-refractivity contribution < 1.29 is 9.90 Å². The summed E-state index contributed by atoms with van der Waals surface area (Å²) in [6, 6.07) is 0. The van der Waals surface area contributed by atoms with Gasteiger partial charge in [-0.05, 0) is 19.9 Å². The molecule has 1 aromatic heterocycles. The van der Waals surface area contributed by atoms with Crippen molar-refractivity contribution in [2.75, 3.05) is 0 Å². The van der Waals surface area contributed by atoms with Gasteiger partial charge in [0.2, 0.25) is 5.78 Å². The number of aromatic nitrogens is 2. The summed E-state index contributed by atoms with van der Waals surface area (Å²) in [5, 5.41) is 15.8. The van der Waals surface area contributed by atoms with Crippen LogP contribution in [0.4, 0.5) is 0 Å². The van der Waals surface area contributed by atoms with Crippen LogP contribution in [0, 0.1) is 0 Å². The first kappa shape index (κ1) is 11.4. The molecule has 0 radical (unpaired) electrons.